The van der Waals surface area contributed by atoms with Gasteiger partial charge in [-0.2, -0.15) is 0 Å². The zero-order valence-electron chi connectivity index (χ0n) is 21.9. The maximum atomic E-state index is 11.6. The van der Waals surface area contributed by atoms with Crippen molar-refractivity contribution in [2.75, 3.05) is 6.61 Å². The summed E-state index contributed by atoms with van der Waals surface area (Å²) in [5, 5.41) is 19.4. The van der Waals surface area contributed by atoms with E-state index in [1.54, 1.807) is 0 Å². The van der Waals surface area contributed by atoms with Crippen LogP contribution in [-0.2, 0) is 9.59 Å². The molecular formula is C30H46O4. The summed E-state index contributed by atoms with van der Waals surface area (Å²) >= 11 is 0. The molecule has 0 bridgehead atoms. The van der Waals surface area contributed by atoms with E-state index in [1.165, 1.54) is 32.1 Å². The zero-order chi connectivity index (χ0) is 24.9. The molecule has 0 aromatic heterocycles. The van der Waals surface area contributed by atoms with E-state index in [0.29, 0.717) is 23.2 Å². The summed E-state index contributed by atoms with van der Waals surface area (Å²) in [6, 6.07) is 0. The van der Waals surface area contributed by atoms with E-state index in [1.807, 2.05) is 6.92 Å². The maximum absolute atomic E-state index is 11.6. The third-order valence-electron chi connectivity index (χ3n) is 12.0. The van der Waals surface area contributed by atoms with Gasteiger partial charge in [0.05, 0.1) is 6.61 Å². The second-order valence-corrected chi connectivity index (χ2v) is 13.0. The van der Waals surface area contributed by atoms with Gasteiger partial charge >= 0.3 is 5.97 Å². The van der Waals surface area contributed by atoms with Crippen LogP contribution >= 0.6 is 0 Å². The first-order chi connectivity index (χ1) is 16.0. The van der Waals surface area contributed by atoms with Crippen molar-refractivity contribution in [2.24, 2.45) is 45.3 Å². The highest BCUT2D eigenvalue weighted by molar-refractivity contribution is 5.71. The van der Waals surface area contributed by atoms with Gasteiger partial charge < -0.3 is 10.2 Å². The fraction of sp³-hybridized carbons (Fsp3) is 0.800. The molecule has 8 atom stereocenters. The van der Waals surface area contributed by atoms with Crippen LogP contribution in [0.2, 0.25) is 0 Å². The van der Waals surface area contributed by atoms with Crippen molar-refractivity contribution in [3.8, 4) is 0 Å². The quantitative estimate of drug-likeness (QED) is 0.215. The van der Waals surface area contributed by atoms with Gasteiger partial charge in [0.1, 0.15) is 6.29 Å². The normalized spacial score (nSPS) is 43.9. The number of aldehydes is 1. The molecular weight excluding hydrogens is 424 g/mol. The van der Waals surface area contributed by atoms with Crippen molar-refractivity contribution in [3.63, 3.8) is 0 Å². The molecule has 0 aliphatic heterocycles. The number of carbonyl (C=O) groups is 2. The van der Waals surface area contributed by atoms with E-state index in [2.05, 4.69) is 33.4 Å². The summed E-state index contributed by atoms with van der Waals surface area (Å²) in [6.07, 6.45) is 14.5. The van der Waals surface area contributed by atoms with Crippen LogP contribution in [0.15, 0.2) is 23.8 Å². The van der Waals surface area contributed by atoms with E-state index in [-0.39, 0.29) is 35.2 Å². The number of fused-ring (bicyclic) bond motifs is 2. The molecule has 0 aromatic carbocycles. The van der Waals surface area contributed by atoms with Gasteiger partial charge in [-0.05, 0) is 128 Å². The van der Waals surface area contributed by atoms with Crippen LogP contribution in [0.25, 0.3) is 0 Å². The zero-order valence-corrected chi connectivity index (χ0v) is 21.9. The van der Waals surface area contributed by atoms with E-state index in [0.717, 1.165) is 49.5 Å². The Labute approximate surface area is 206 Å². The SMILES string of the molecule is C=C(CO)C1CC[C@@H]2[C@]3(CC[C@]4(C)[C@H](C(C)CCC=C(C)C=O)CC[C@@]24C)C[C@]13CCC(=O)O. The van der Waals surface area contributed by atoms with E-state index in [4.69, 9.17) is 0 Å². The molecule has 4 heteroatoms. The van der Waals surface area contributed by atoms with Crippen molar-refractivity contribution >= 4 is 12.3 Å². The van der Waals surface area contributed by atoms with Gasteiger partial charge in [-0.25, -0.2) is 0 Å². The smallest absolute Gasteiger partial charge is 0.303 e. The van der Waals surface area contributed by atoms with Gasteiger partial charge in [0.25, 0.3) is 0 Å². The topological polar surface area (TPSA) is 74.6 Å². The minimum Gasteiger partial charge on any atom is -0.481 e. The Hall–Kier alpha value is -1.42. The molecule has 4 rings (SSSR count). The van der Waals surface area contributed by atoms with E-state index >= 15 is 0 Å². The van der Waals surface area contributed by atoms with Gasteiger partial charge in [0.2, 0.25) is 0 Å². The van der Waals surface area contributed by atoms with Crippen LogP contribution in [-0.4, -0.2) is 29.1 Å². The Morgan fingerprint density at radius 2 is 1.88 bits per heavy atom. The highest BCUT2D eigenvalue weighted by Gasteiger charge is 2.80. The van der Waals surface area contributed by atoms with E-state index < -0.39 is 5.97 Å². The largest absolute Gasteiger partial charge is 0.481 e. The van der Waals surface area contributed by atoms with E-state index in [9.17, 15) is 19.8 Å². The summed E-state index contributed by atoms with van der Waals surface area (Å²) in [7, 11) is 0. The average molecular weight is 471 g/mol. The molecule has 190 valence electrons. The van der Waals surface area contributed by atoms with Crippen molar-refractivity contribution in [2.45, 2.75) is 98.3 Å². The minimum absolute atomic E-state index is 0.0207. The lowest BCUT2D eigenvalue weighted by atomic mass is 9.43. The van der Waals surface area contributed by atoms with Crippen LogP contribution < -0.4 is 0 Å². The molecule has 1 spiro atoms. The Balaban J connectivity index is 1.59. The second kappa shape index (κ2) is 8.91. The summed E-state index contributed by atoms with van der Waals surface area (Å²) in [5.41, 5.74) is 2.62. The first-order valence-electron chi connectivity index (χ1n) is 13.6. The first-order valence-corrected chi connectivity index (χ1v) is 13.6. The summed E-state index contributed by atoms with van der Waals surface area (Å²) in [6.45, 7) is 13.7. The molecule has 2 N–H and O–H groups in total. The summed E-state index contributed by atoms with van der Waals surface area (Å²) < 4.78 is 0. The lowest BCUT2D eigenvalue weighted by Gasteiger charge is -2.61. The highest BCUT2D eigenvalue weighted by Crippen LogP contribution is 2.87. The van der Waals surface area contributed by atoms with Gasteiger partial charge in [0.15, 0.2) is 0 Å². The van der Waals surface area contributed by atoms with Crippen LogP contribution in [0.3, 0.4) is 0 Å². The van der Waals surface area contributed by atoms with Gasteiger partial charge in [-0.1, -0.05) is 33.4 Å². The fourth-order valence-electron chi connectivity index (χ4n) is 10.1. The molecule has 4 fully saturated rings. The van der Waals surface area contributed by atoms with Crippen molar-refractivity contribution in [3.05, 3.63) is 23.8 Å². The average Bonchev–Trinajstić information content (AvgIpc) is 3.40. The van der Waals surface area contributed by atoms with Crippen LogP contribution in [0.5, 0.6) is 0 Å². The van der Waals surface area contributed by atoms with Crippen LogP contribution in [0, 0.1) is 45.3 Å². The standard InChI is InChI=1S/C30H46O4/c1-20(17-31)7-6-8-21(2)23-11-13-28(5)25-10-9-24(22(3)18-32)29(14-12-26(33)34)19-30(25,29)16-15-27(23,28)4/h7,17,21,23-25,32H,3,6,8-16,18-19H2,1-2,4-5H3,(H,33,34)/t21?,23-,24?,25-,27+,28-,29+,30-/m0/s1. The molecule has 0 saturated heterocycles. The monoisotopic (exact) mass is 470 g/mol. The van der Waals surface area contributed by atoms with Crippen molar-refractivity contribution in [1.29, 1.82) is 0 Å². The summed E-state index contributed by atoms with van der Waals surface area (Å²) in [4.78, 5) is 22.5. The molecule has 4 saturated carbocycles. The molecule has 4 nitrogen and oxygen atoms in total. The molecule has 34 heavy (non-hydrogen) atoms. The second-order valence-electron chi connectivity index (χ2n) is 13.0. The first kappa shape index (κ1) is 25.7. The summed E-state index contributed by atoms with van der Waals surface area (Å²) in [5.74, 6) is 1.55. The molecule has 0 amide bonds. The number of hydrogen-bond donors (Lipinski definition) is 2. The molecule has 4 aliphatic carbocycles. The Kier molecular flexibility index (Phi) is 6.72. The Morgan fingerprint density at radius 3 is 2.53 bits per heavy atom. The number of hydrogen-bond acceptors (Lipinski definition) is 3. The molecule has 0 heterocycles. The maximum Gasteiger partial charge on any atom is 0.303 e. The lowest BCUT2D eigenvalue weighted by molar-refractivity contribution is -0.139. The van der Waals surface area contributed by atoms with Gasteiger partial charge in [0, 0.05) is 6.42 Å². The van der Waals surface area contributed by atoms with Crippen LogP contribution in [0.4, 0.5) is 0 Å². The molecule has 2 unspecified atom stereocenters. The number of aliphatic hydroxyl groups excluding tert-OH is 1. The number of carboxylic acids is 1. The van der Waals surface area contributed by atoms with Gasteiger partial charge in [-0.3, -0.25) is 9.59 Å². The highest BCUT2D eigenvalue weighted by atomic mass is 16.4. The number of aliphatic hydroxyl groups is 1. The lowest BCUT2D eigenvalue weighted by Crippen LogP contribution is -2.54. The molecule has 4 aliphatic rings. The number of rotatable bonds is 10. The number of allylic oxidation sites excluding steroid dienone is 2. The predicted octanol–water partition coefficient (Wildman–Crippen LogP) is 6.58. The number of carboxylic acid groups (broad SMARTS) is 1. The molecule has 0 aromatic rings. The number of aliphatic carboxylic acids is 1. The Bertz CT molecular complexity index is 875. The van der Waals surface area contributed by atoms with Crippen molar-refractivity contribution < 1.29 is 19.8 Å². The third kappa shape index (κ3) is 3.57. The minimum atomic E-state index is -0.701. The Morgan fingerprint density at radius 1 is 1.15 bits per heavy atom. The molecule has 0 radical (unpaired) electrons. The van der Waals surface area contributed by atoms with Crippen LogP contribution in [0.1, 0.15) is 98.3 Å². The third-order valence-corrected chi connectivity index (χ3v) is 12.0. The fourth-order valence-corrected chi connectivity index (χ4v) is 10.1. The predicted molar refractivity (Wildman–Crippen MR) is 135 cm³/mol. The number of carbonyl (C=O) groups excluding carboxylic acids is 1. The van der Waals surface area contributed by atoms with Crippen molar-refractivity contribution in [1.82, 2.24) is 0 Å². The van der Waals surface area contributed by atoms with Gasteiger partial charge in [-0.15, -0.1) is 0 Å².